The van der Waals surface area contributed by atoms with Crippen LogP contribution in [0.15, 0.2) is 30.3 Å². The highest BCUT2D eigenvalue weighted by atomic mass is 35.5. The van der Waals surface area contributed by atoms with Crippen LogP contribution >= 0.6 is 23.2 Å². The van der Waals surface area contributed by atoms with Gasteiger partial charge in [-0.1, -0.05) is 35.3 Å². The number of aryl methyl sites for hydroxylation is 1. The number of hydrogen-bond donors (Lipinski definition) is 2. The number of phenols is 1. The number of phenolic OH excluding ortho intramolecular Hbond substituents is 1. The zero-order valence-corrected chi connectivity index (χ0v) is 12.1. The maximum atomic E-state index is 9.49. The van der Waals surface area contributed by atoms with E-state index in [0.29, 0.717) is 10.3 Å². The fraction of sp³-hybridized carbons (Fsp3) is 0.214. The van der Waals surface area contributed by atoms with Crippen molar-refractivity contribution in [3.63, 3.8) is 0 Å². The van der Waals surface area contributed by atoms with Crippen molar-refractivity contribution in [3.05, 3.63) is 51.8 Å². The van der Waals surface area contributed by atoms with E-state index in [-0.39, 0.29) is 11.8 Å². The molecule has 0 aliphatic heterocycles. The fourth-order valence-electron chi connectivity index (χ4n) is 1.86. The van der Waals surface area contributed by atoms with Crippen molar-refractivity contribution < 1.29 is 5.11 Å². The first kappa shape index (κ1) is 14.0. The normalized spacial score (nSPS) is 12.2. The Morgan fingerprint density at radius 2 is 2.00 bits per heavy atom. The van der Waals surface area contributed by atoms with Crippen LogP contribution in [0, 0.1) is 6.92 Å². The van der Waals surface area contributed by atoms with Gasteiger partial charge in [0.05, 0.1) is 5.69 Å². The lowest BCUT2D eigenvalue weighted by Gasteiger charge is -2.18. The largest absolute Gasteiger partial charge is 0.508 e. The second-order valence-corrected chi connectivity index (χ2v) is 5.13. The molecule has 1 aromatic heterocycles. The Labute approximate surface area is 122 Å². The van der Waals surface area contributed by atoms with E-state index in [1.165, 1.54) is 0 Å². The number of nitrogens with one attached hydrogen (secondary N) is 1. The Balaban J connectivity index is 2.26. The summed E-state index contributed by atoms with van der Waals surface area (Å²) in [6, 6.07) is 8.83. The van der Waals surface area contributed by atoms with Gasteiger partial charge in [0, 0.05) is 6.04 Å². The molecule has 19 heavy (non-hydrogen) atoms. The smallest absolute Gasteiger partial charge is 0.154 e. The van der Waals surface area contributed by atoms with Gasteiger partial charge < -0.3 is 10.4 Å². The van der Waals surface area contributed by atoms with Gasteiger partial charge >= 0.3 is 0 Å². The number of aromatic hydroxyl groups is 1. The van der Waals surface area contributed by atoms with Crippen molar-refractivity contribution in [1.29, 1.82) is 0 Å². The van der Waals surface area contributed by atoms with Crippen molar-refractivity contribution in [3.8, 4) is 5.75 Å². The molecule has 1 atom stereocenters. The molecule has 0 aliphatic rings. The minimum atomic E-state index is -0.00808. The molecule has 100 valence electrons. The zero-order valence-electron chi connectivity index (χ0n) is 10.6. The van der Waals surface area contributed by atoms with E-state index < -0.39 is 0 Å². The van der Waals surface area contributed by atoms with E-state index in [4.69, 9.17) is 23.2 Å². The molecule has 0 amide bonds. The Morgan fingerprint density at radius 3 is 2.63 bits per heavy atom. The highest BCUT2D eigenvalue weighted by Gasteiger charge is 2.12. The summed E-state index contributed by atoms with van der Waals surface area (Å²) in [6.07, 6.45) is 0. The highest BCUT2D eigenvalue weighted by molar-refractivity contribution is 6.34. The molecule has 2 N–H and O–H groups in total. The van der Waals surface area contributed by atoms with Crippen LogP contribution in [0.4, 0.5) is 5.69 Å². The summed E-state index contributed by atoms with van der Waals surface area (Å²) in [5.74, 6) is 0.239. The van der Waals surface area contributed by atoms with Gasteiger partial charge in [0.25, 0.3) is 0 Å². The molecule has 2 rings (SSSR count). The van der Waals surface area contributed by atoms with Gasteiger partial charge in [-0.05, 0) is 43.2 Å². The molecule has 3 nitrogen and oxygen atoms in total. The standard InChI is InChI=1S/C14H14Cl2N2O/c1-8-6-12(15)18-14(16)13(8)17-9(2)10-4-3-5-11(19)7-10/h3-7,9,17,19H,1-2H3. The van der Waals surface area contributed by atoms with E-state index in [2.05, 4.69) is 10.3 Å². The maximum absolute atomic E-state index is 9.49. The van der Waals surface area contributed by atoms with Gasteiger partial charge in [0.2, 0.25) is 0 Å². The van der Waals surface area contributed by atoms with Crippen LogP contribution in [0.2, 0.25) is 10.3 Å². The Kier molecular flexibility index (Phi) is 4.17. The van der Waals surface area contributed by atoms with Crippen molar-refractivity contribution in [2.24, 2.45) is 0 Å². The summed E-state index contributed by atoms with van der Waals surface area (Å²) >= 11 is 11.9. The molecule has 1 aromatic carbocycles. The van der Waals surface area contributed by atoms with Crippen LogP contribution in [0.3, 0.4) is 0 Å². The minimum absolute atomic E-state index is 0.00808. The molecular formula is C14H14Cl2N2O. The second-order valence-electron chi connectivity index (χ2n) is 4.39. The average molecular weight is 297 g/mol. The molecule has 0 spiro atoms. The third-order valence-electron chi connectivity index (χ3n) is 2.87. The summed E-state index contributed by atoms with van der Waals surface area (Å²) in [5.41, 5.74) is 2.64. The van der Waals surface area contributed by atoms with Gasteiger partial charge in [-0.2, -0.15) is 0 Å². The van der Waals surface area contributed by atoms with E-state index in [9.17, 15) is 5.11 Å². The first-order chi connectivity index (χ1) is 8.97. The maximum Gasteiger partial charge on any atom is 0.154 e. The summed E-state index contributed by atoms with van der Waals surface area (Å²) in [4.78, 5) is 4.02. The van der Waals surface area contributed by atoms with Crippen LogP contribution in [-0.2, 0) is 0 Å². The Bertz CT molecular complexity index is 579. The number of benzene rings is 1. The number of hydrogen-bond acceptors (Lipinski definition) is 3. The van der Waals surface area contributed by atoms with E-state index in [0.717, 1.165) is 16.8 Å². The SMILES string of the molecule is Cc1cc(Cl)nc(Cl)c1NC(C)c1cccc(O)c1. The summed E-state index contributed by atoms with van der Waals surface area (Å²) in [5, 5.41) is 13.5. The van der Waals surface area contributed by atoms with E-state index >= 15 is 0 Å². The molecule has 2 aromatic rings. The first-order valence-electron chi connectivity index (χ1n) is 5.85. The van der Waals surface area contributed by atoms with Gasteiger partial charge in [-0.25, -0.2) is 4.98 Å². The van der Waals surface area contributed by atoms with Crippen LogP contribution < -0.4 is 5.32 Å². The number of nitrogens with zero attached hydrogens (tertiary/aromatic N) is 1. The van der Waals surface area contributed by atoms with Gasteiger partial charge in [0.15, 0.2) is 5.15 Å². The third-order valence-corrected chi connectivity index (χ3v) is 3.34. The number of halogens is 2. The first-order valence-corrected chi connectivity index (χ1v) is 6.61. The summed E-state index contributed by atoms with van der Waals surface area (Å²) in [7, 11) is 0. The zero-order chi connectivity index (χ0) is 14.0. The molecule has 0 bridgehead atoms. The topological polar surface area (TPSA) is 45.2 Å². The highest BCUT2D eigenvalue weighted by Crippen LogP contribution is 2.30. The predicted octanol–water partition coefficient (Wildman–Crippen LogP) is 4.58. The van der Waals surface area contributed by atoms with Crippen molar-refractivity contribution >= 4 is 28.9 Å². The number of aromatic nitrogens is 1. The predicted molar refractivity (Wildman–Crippen MR) is 79.1 cm³/mol. The lowest BCUT2D eigenvalue weighted by Crippen LogP contribution is -2.08. The average Bonchev–Trinajstić information content (AvgIpc) is 2.33. The monoisotopic (exact) mass is 296 g/mol. The molecule has 0 saturated carbocycles. The Hall–Kier alpha value is -1.45. The minimum Gasteiger partial charge on any atom is -0.508 e. The van der Waals surface area contributed by atoms with Crippen LogP contribution in [0.25, 0.3) is 0 Å². The summed E-state index contributed by atoms with van der Waals surface area (Å²) in [6.45, 7) is 3.90. The molecule has 5 heteroatoms. The molecule has 1 heterocycles. The lowest BCUT2D eigenvalue weighted by molar-refractivity contribution is 0.474. The number of pyridine rings is 1. The van der Waals surface area contributed by atoms with Crippen LogP contribution in [0.5, 0.6) is 5.75 Å². The fourth-order valence-corrected chi connectivity index (χ4v) is 2.45. The van der Waals surface area contributed by atoms with Crippen LogP contribution in [-0.4, -0.2) is 10.1 Å². The van der Waals surface area contributed by atoms with Gasteiger partial charge in [0.1, 0.15) is 10.9 Å². The summed E-state index contributed by atoms with van der Waals surface area (Å²) < 4.78 is 0. The van der Waals surface area contributed by atoms with Gasteiger partial charge in [-0.3, -0.25) is 0 Å². The van der Waals surface area contributed by atoms with Crippen molar-refractivity contribution in [2.45, 2.75) is 19.9 Å². The quantitative estimate of drug-likeness (QED) is 0.815. The van der Waals surface area contributed by atoms with Gasteiger partial charge in [-0.15, -0.1) is 0 Å². The van der Waals surface area contributed by atoms with Crippen molar-refractivity contribution in [1.82, 2.24) is 4.98 Å². The molecule has 0 aliphatic carbocycles. The third kappa shape index (κ3) is 3.31. The molecule has 1 unspecified atom stereocenters. The molecule has 0 radical (unpaired) electrons. The van der Waals surface area contributed by atoms with Crippen molar-refractivity contribution in [2.75, 3.05) is 5.32 Å². The Morgan fingerprint density at radius 1 is 1.26 bits per heavy atom. The number of anilines is 1. The number of rotatable bonds is 3. The van der Waals surface area contributed by atoms with E-state index in [1.807, 2.05) is 19.9 Å². The van der Waals surface area contributed by atoms with E-state index in [1.54, 1.807) is 24.3 Å². The molecule has 0 saturated heterocycles. The molecule has 0 fully saturated rings. The van der Waals surface area contributed by atoms with Crippen LogP contribution in [0.1, 0.15) is 24.1 Å². The molecular weight excluding hydrogens is 283 g/mol. The lowest BCUT2D eigenvalue weighted by atomic mass is 10.1. The second kappa shape index (κ2) is 5.68.